The van der Waals surface area contributed by atoms with E-state index in [4.69, 9.17) is 21.1 Å². The van der Waals surface area contributed by atoms with Gasteiger partial charge in [0.2, 0.25) is 5.91 Å². The first-order valence-electron chi connectivity index (χ1n) is 8.68. The quantitative estimate of drug-likeness (QED) is 0.637. The van der Waals surface area contributed by atoms with E-state index in [9.17, 15) is 9.59 Å². The molecule has 2 rings (SSSR count). The van der Waals surface area contributed by atoms with E-state index in [0.29, 0.717) is 34.4 Å². The maximum Gasteiger partial charge on any atom is 0.251 e. The molecule has 7 heteroatoms. The van der Waals surface area contributed by atoms with E-state index in [1.54, 1.807) is 42.5 Å². The molecule has 0 bridgehead atoms. The van der Waals surface area contributed by atoms with E-state index in [2.05, 4.69) is 17.6 Å². The molecule has 2 amide bonds. The van der Waals surface area contributed by atoms with Gasteiger partial charge in [-0.25, -0.2) is 0 Å². The summed E-state index contributed by atoms with van der Waals surface area (Å²) in [6.45, 7) is 2.56. The third-order valence-corrected chi connectivity index (χ3v) is 3.96. The van der Waals surface area contributed by atoms with Crippen molar-refractivity contribution in [2.45, 2.75) is 19.8 Å². The summed E-state index contributed by atoms with van der Waals surface area (Å²) in [7, 11) is 1.50. The lowest BCUT2D eigenvalue weighted by Gasteiger charge is -2.11. The normalized spacial score (nSPS) is 10.2. The van der Waals surface area contributed by atoms with E-state index in [1.165, 1.54) is 7.11 Å². The third kappa shape index (κ3) is 6.49. The molecule has 0 radical (unpaired) electrons. The van der Waals surface area contributed by atoms with Gasteiger partial charge in [0.15, 0.2) is 0 Å². The molecular formula is C20H23ClN2O4. The fourth-order valence-electron chi connectivity index (χ4n) is 2.27. The predicted octanol–water partition coefficient (Wildman–Crippen LogP) is 3.90. The molecule has 0 heterocycles. The highest BCUT2D eigenvalue weighted by molar-refractivity contribution is 6.31. The molecule has 0 atom stereocenters. The topological polar surface area (TPSA) is 76.7 Å². The van der Waals surface area contributed by atoms with Crippen LogP contribution in [0.4, 0.5) is 5.69 Å². The monoisotopic (exact) mass is 390 g/mol. The smallest absolute Gasteiger partial charge is 0.251 e. The van der Waals surface area contributed by atoms with Crippen molar-refractivity contribution in [2.24, 2.45) is 0 Å². The second kappa shape index (κ2) is 10.4. The van der Waals surface area contributed by atoms with Crippen LogP contribution in [-0.4, -0.2) is 32.1 Å². The minimum atomic E-state index is -0.386. The number of hydrogen-bond donors (Lipinski definition) is 2. The Balaban J connectivity index is 1.86. The van der Waals surface area contributed by atoms with Crippen molar-refractivity contribution in [3.63, 3.8) is 0 Å². The Morgan fingerprint density at radius 1 is 1.11 bits per heavy atom. The van der Waals surface area contributed by atoms with Crippen LogP contribution < -0.4 is 20.1 Å². The zero-order chi connectivity index (χ0) is 19.6. The summed E-state index contributed by atoms with van der Waals surface area (Å²) in [5.41, 5.74) is 0.892. The summed E-state index contributed by atoms with van der Waals surface area (Å²) in [6, 6.07) is 11.7. The van der Waals surface area contributed by atoms with Crippen molar-refractivity contribution in [3.8, 4) is 11.5 Å². The number of carbonyl (C=O) groups is 2. The largest absolute Gasteiger partial charge is 0.495 e. The average molecular weight is 391 g/mol. The average Bonchev–Trinajstić information content (AvgIpc) is 2.67. The molecule has 0 fully saturated rings. The van der Waals surface area contributed by atoms with Crippen LogP contribution in [0.3, 0.4) is 0 Å². The minimum Gasteiger partial charge on any atom is -0.495 e. The number of ether oxygens (including phenoxy) is 2. The lowest BCUT2D eigenvalue weighted by molar-refractivity contribution is -0.115. The number of halogens is 1. The zero-order valence-electron chi connectivity index (χ0n) is 15.4. The lowest BCUT2D eigenvalue weighted by Crippen LogP contribution is -2.32. The predicted molar refractivity (Wildman–Crippen MR) is 106 cm³/mol. The maximum absolute atomic E-state index is 12.2. The van der Waals surface area contributed by atoms with Crippen LogP contribution >= 0.6 is 11.6 Å². The fraction of sp³-hybridized carbons (Fsp3) is 0.300. The van der Waals surface area contributed by atoms with Gasteiger partial charge in [-0.05, 0) is 48.9 Å². The Hall–Kier alpha value is -2.73. The Labute approximate surface area is 163 Å². The van der Waals surface area contributed by atoms with Crippen molar-refractivity contribution < 1.29 is 19.1 Å². The van der Waals surface area contributed by atoms with Gasteiger partial charge in [-0.2, -0.15) is 0 Å². The van der Waals surface area contributed by atoms with Crippen LogP contribution in [0.15, 0.2) is 42.5 Å². The third-order valence-electron chi connectivity index (χ3n) is 3.73. The van der Waals surface area contributed by atoms with E-state index in [-0.39, 0.29) is 18.4 Å². The van der Waals surface area contributed by atoms with Gasteiger partial charge in [0.05, 0.1) is 25.9 Å². The number of benzene rings is 2. The number of unbranched alkanes of at least 4 members (excludes halogenated alkanes) is 1. The summed E-state index contributed by atoms with van der Waals surface area (Å²) in [5, 5.41) is 5.71. The van der Waals surface area contributed by atoms with Crippen molar-refractivity contribution in [1.29, 1.82) is 0 Å². The van der Waals surface area contributed by atoms with Crippen LogP contribution in [0.25, 0.3) is 0 Å². The number of amides is 2. The summed E-state index contributed by atoms with van der Waals surface area (Å²) < 4.78 is 10.7. The van der Waals surface area contributed by atoms with Gasteiger partial charge in [0.25, 0.3) is 5.91 Å². The molecule has 6 nitrogen and oxygen atoms in total. The number of hydrogen-bond acceptors (Lipinski definition) is 4. The van der Waals surface area contributed by atoms with E-state index in [0.717, 1.165) is 12.8 Å². The number of methoxy groups -OCH3 is 1. The minimum absolute atomic E-state index is 0.177. The molecule has 0 saturated heterocycles. The van der Waals surface area contributed by atoms with Gasteiger partial charge < -0.3 is 20.1 Å². The maximum atomic E-state index is 12.2. The molecule has 0 aliphatic rings. The first kappa shape index (κ1) is 20.6. The number of anilines is 1. The van der Waals surface area contributed by atoms with Crippen molar-refractivity contribution in [3.05, 3.63) is 53.1 Å². The number of carbonyl (C=O) groups excluding carboxylic acids is 2. The van der Waals surface area contributed by atoms with E-state index in [1.807, 2.05) is 0 Å². The van der Waals surface area contributed by atoms with Crippen molar-refractivity contribution in [1.82, 2.24) is 5.32 Å². The van der Waals surface area contributed by atoms with Gasteiger partial charge >= 0.3 is 0 Å². The fourth-order valence-corrected chi connectivity index (χ4v) is 2.44. The molecule has 0 aliphatic carbocycles. The van der Waals surface area contributed by atoms with Gasteiger partial charge in [-0.15, -0.1) is 0 Å². The highest BCUT2D eigenvalue weighted by Crippen LogP contribution is 2.27. The van der Waals surface area contributed by atoms with Gasteiger partial charge in [0, 0.05) is 10.6 Å². The molecule has 0 unspecified atom stereocenters. The molecule has 0 spiro atoms. The molecule has 144 valence electrons. The molecule has 2 N–H and O–H groups in total. The first-order valence-corrected chi connectivity index (χ1v) is 9.05. The molecule has 0 saturated carbocycles. The first-order chi connectivity index (χ1) is 13.0. The molecule has 0 aliphatic heterocycles. The summed E-state index contributed by atoms with van der Waals surface area (Å²) >= 11 is 5.93. The Morgan fingerprint density at radius 3 is 2.52 bits per heavy atom. The highest BCUT2D eigenvalue weighted by Gasteiger charge is 2.11. The van der Waals surface area contributed by atoms with Crippen LogP contribution in [0.1, 0.15) is 30.1 Å². The molecule has 2 aromatic rings. The summed E-state index contributed by atoms with van der Waals surface area (Å²) in [6.07, 6.45) is 2.04. The zero-order valence-corrected chi connectivity index (χ0v) is 16.1. The number of rotatable bonds is 9. The van der Waals surface area contributed by atoms with Crippen LogP contribution in [-0.2, 0) is 4.79 Å². The standard InChI is InChI=1S/C20H23ClN2O4/c1-3-4-11-27-16-8-5-14(6-9-16)20(25)22-13-19(24)23-17-12-15(21)7-10-18(17)26-2/h5-10,12H,3-4,11,13H2,1-2H3,(H,22,25)(H,23,24). The molecule has 0 aromatic heterocycles. The van der Waals surface area contributed by atoms with Crippen LogP contribution in [0, 0.1) is 0 Å². The Bertz CT molecular complexity index is 778. The lowest BCUT2D eigenvalue weighted by atomic mass is 10.2. The second-order valence-corrected chi connectivity index (χ2v) is 6.24. The van der Waals surface area contributed by atoms with Crippen LogP contribution in [0.2, 0.25) is 5.02 Å². The van der Waals surface area contributed by atoms with E-state index < -0.39 is 0 Å². The molecular weight excluding hydrogens is 368 g/mol. The second-order valence-electron chi connectivity index (χ2n) is 5.80. The van der Waals surface area contributed by atoms with Gasteiger partial charge in [-0.1, -0.05) is 24.9 Å². The number of nitrogens with one attached hydrogen (secondary N) is 2. The summed E-state index contributed by atoms with van der Waals surface area (Å²) in [4.78, 5) is 24.3. The Morgan fingerprint density at radius 2 is 1.85 bits per heavy atom. The van der Waals surface area contributed by atoms with Crippen LogP contribution in [0.5, 0.6) is 11.5 Å². The highest BCUT2D eigenvalue weighted by atomic mass is 35.5. The van der Waals surface area contributed by atoms with Gasteiger partial charge in [0.1, 0.15) is 11.5 Å². The van der Waals surface area contributed by atoms with Crippen molar-refractivity contribution in [2.75, 3.05) is 25.6 Å². The van der Waals surface area contributed by atoms with Crippen molar-refractivity contribution >= 4 is 29.1 Å². The molecule has 27 heavy (non-hydrogen) atoms. The van der Waals surface area contributed by atoms with Gasteiger partial charge in [-0.3, -0.25) is 9.59 Å². The molecule has 2 aromatic carbocycles. The van der Waals surface area contributed by atoms with E-state index >= 15 is 0 Å². The SMILES string of the molecule is CCCCOc1ccc(C(=O)NCC(=O)Nc2cc(Cl)ccc2OC)cc1. The summed E-state index contributed by atoms with van der Waals surface area (Å²) in [5.74, 6) is 0.468. The Kier molecular flexibility index (Phi) is 7.95.